The van der Waals surface area contributed by atoms with E-state index in [0.717, 1.165) is 24.5 Å². The lowest BCUT2D eigenvalue weighted by molar-refractivity contribution is 0.211. The van der Waals surface area contributed by atoms with E-state index in [2.05, 4.69) is 62.9 Å². The lowest BCUT2D eigenvalue weighted by atomic mass is 10.1. The molecule has 0 spiro atoms. The van der Waals surface area contributed by atoms with Crippen LogP contribution in [0.2, 0.25) is 0 Å². The number of rotatable bonds is 3. The van der Waals surface area contributed by atoms with E-state index >= 15 is 0 Å². The van der Waals surface area contributed by atoms with Gasteiger partial charge in [-0.1, -0.05) is 18.2 Å². The summed E-state index contributed by atoms with van der Waals surface area (Å²) in [5.74, 6) is 1.15. The Morgan fingerprint density at radius 3 is 2.77 bits per heavy atom. The van der Waals surface area contributed by atoms with Crippen molar-refractivity contribution in [3.63, 3.8) is 0 Å². The van der Waals surface area contributed by atoms with Gasteiger partial charge in [-0.2, -0.15) is 0 Å². The number of aromatic nitrogens is 2. The molecular weight excluding hydrogens is 272 g/mol. The standard InChI is InChI=1S/C18H24N4/c1-20-15-7-8-17(20)13-21(11-9-15)14-18-19-10-12-22(18)16-5-3-2-4-6-16/h2-6,10,12,15,17H,7-9,11,13-14H2,1H3. The van der Waals surface area contributed by atoms with Crippen molar-refractivity contribution >= 4 is 0 Å². The van der Waals surface area contributed by atoms with Crippen molar-refractivity contribution in [1.82, 2.24) is 19.4 Å². The van der Waals surface area contributed by atoms with Crippen LogP contribution in [0, 0.1) is 0 Å². The first-order valence-electron chi connectivity index (χ1n) is 8.33. The van der Waals surface area contributed by atoms with Crippen molar-refractivity contribution in [2.45, 2.75) is 37.9 Å². The van der Waals surface area contributed by atoms with Gasteiger partial charge in [0.05, 0.1) is 6.54 Å². The number of likely N-dealkylation sites (tertiary alicyclic amines) is 1. The van der Waals surface area contributed by atoms with Crippen LogP contribution in [-0.2, 0) is 6.54 Å². The highest BCUT2D eigenvalue weighted by atomic mass is 15.3. The molecule has 2 saturated heterocycles. The van der Waals surface area contributed by atoms with Gasteiger partial charge < -0.3 is 4.57 Å². The predicted octanol–water partition coefficient (Wildman–Crippen LogP) is 2.54. The zero-order valence-electron chi connectivity index (χ0n) is 13.2. The molecule has 4 rings (SSSR count). The second-order valence-electron chi connectivity index (χ2n) is 6.62. The van der Waals surface area contributed by atoms with Gasteiger partial charge in [-0.15, -0.1) is 0 Å². The first-order valence-corrected chi connectivity index (χ1v) is 8.33. The summed E-state index contributed by atoms with van der Waals surface area (Å²) in [4.78, 5) is 9.79. The number of nitrogens with zero attached hydrogens (tertiary/aromatic N) is 4. The summed E-state index contributed by atoms with van der Waals surface area (Å²) in [5, 5.41) is 0. The maximum Gasteiger partial charge on any atom is 0.127 e. The second kappa shape index (κ2) is 5.86. The largest absolute Gasteiger partial charge is 0.303 e. The molecule has 2 unspecified atom stereocenters. The lowest BCUT2D eigenvalue weighted by Crippen LogP contribution is -2.36. The smallest absolute Gasteiger partial charge is 0.127 e. The molecule has 2 aliphatic rings. The fourth-order valence-corrected chi connectivity index (χ4v) is 4.00. The Balaban J connectivity index is 1.52. The summed E-state index contributed by atoms with van der Waals surface area (Å²) in [6.45, 7) is 3.31. The van der Waals surface area contributed by atoms with Crippen LogP contribution in [0.4, 0.5) is 0 Å². The fourth-order valence-electron chi connectivity index (χ4n) is 4.00. The van der Waals surface area contributed by atoms with Gasteiger partial charge in [0, 0.05) is 43.3 Å². The van der Waals surface area contributed by atoms with Crippen LogP contribution in [0.1, 0.15) is 25.1 Å². The Morgan fingerprint density at radius 1 is 1.09 bits per heavy atom. The van der Waals surface area contributed by atoms with E-state index in [9.17, 15) is 0 Å². The minimum Gasteiger partial charge on any atom is -0.303 e. The molecule has 0 saturated carbocycles. The molecular formula is C18H24N4. The molecule has 2 bridgehead atoms. The Morgan fingerprint density at radius 2 is 1.91 bits per heavy atom. The van der Waals surface area contributed by atoms with Crippen LogP contribution in [-0.4, -0.2) is 51.6 Å². The van der Waals surface area contributed by atoms with Crippen molar-refractivity contribution in [3.8, 4) is 5.69 Å². The van der Waals surface area contributed by atoms with Crippen LogP contribution < -0.4 is 0 Å². The van der Waals surface area contributed by atoms with Crippen molar-refractivity contribution in [2.24, 2.45) is 0 Å². The Kier molecular flexibility index (Phi) is 3.72. The van der Waals surface area contributed by atoms with Crippen molar-refractivity contribution < 1.29 is 0 Å². The average molecular weight is 296 g/mol. The highest BCUT2D eigenvalue weighted by Crippen LogP contribution is 2.29. The molecule has 4 nitrogen and oxygen atoms in total. The third-order valence-corrected chi connectivity index (χ3v) is 5.35. The molecule has 2 aromatic rings. The van der Waals surface area contributed by atoms with E-state index in [1.165, 1.54) is 38.0 Å². The van der Waals surface area contributed by atoms with Gasteiger partial charge in [0.15, 0.2) is 0 Å². The zero-order chi connectivity index (χ0) is 14.9. The van der Waals surface area contributed by atoms with Crippen LogP contribution in [0.25, 0.3) is 5.69 Å². The van der Waals surface area contributed by atoms with Gasteiger partial charge >= 0.3 is 0 Å². The summed E-state index contributed by atoms with van der Waals surface area (Å²) < 4.78 is 2.22. The van der Waals surface area contributed by atoms with Crippen LogP contribution in [0.5, 0.6) is 0 Å². The maximum absolute atomic E-state index is 4.61. The first-order chi connectivity index (χ1) is 10.8. The third kappa shape index (κ3) is 2.57. The van der Waals surface area contributed by atoms with E-state index in [0.29, 0.717) is 0 Å². The van der Waals surface area contributed by atoms with Gasteiger partial charge in [-0.3, -0.25) is 9.80 Å². The van der Waals surface area contributed by atoms with E-state index in [1.54, 1.807) is 0 Å². The summed E-state index contributed by atoms with van der Waals surface area (Å²) in [6.07, 6.45) is 8.01. The highest BCUT2D eigenvalue weighted by molar-refractivity contribution is 5.32. The fraction of sp³-hybridized carbons (Fsp3) is 0.500. The SMILES string of the molecule is CN1C2CCC1CN(Cc1nccn1-c1ccccc1)CC2. The van der Waals surface area contributed by atoms with E-state index in [4.69, 9.17) is 0 Å². The second-order valence-corrected chi connectivity index (χ2v) is 6.62. The van der Waals surface area contributed by atoms with Gasteiger partial charge in [0.25, 0.3) is 0 Å². The molecule has 0 N–H and O–H groups in total. The normalized spacial score (nSPS) is 26.2. The van der Waals surface area contributed by atoms with Gasteiger partial charge in [0.1, 0.15) is 5.82 Å². The average Bonchev–Trinajstić information content (AvgIpc) is 3.08. The number of hydrogen-bond donors (Lipinski definition) is 0. The highest BCUT2D eigenvalue weighted by Gasteiger charge is 2.34. The van der Waals surface area contributed by atoms with Crippen LogP contribution >= 0.6 is 0 Å². The molecule has 0 amide bonds. The molecule has 0 radical (unpaired) electrons. The third-order valence-electron chi connectivity index (χ3n) is 5.35. The quantitative estimate of drug-likeness (QED) is 0.870. The molecule has 2 aliphatic heterocycles. The van der Waals surface area contributed by atoms with E-state index < -0.39 is 0 Å². The summed E-state index contributed by atoms with van der Waals surface area (Å²) in [5.41, 5.74) is 1.20. The van der Waals surface area contributed by atoms with Gasteiger partial charge in [0.2, 0.25) is 0 Å². The number of benzene rings is 1. The molecule has 0 aliphatic carbocycles. The Bertz CT molecular complexity index is 621. The Hall–Kier alpha value is -1.65. The minimum atomic E-state index is 0.729. The molecule has 2 atom stereocenters. The minimum absolute atomic E-state index is 0.729. The van der Waals surface area contributed by atoms with Crippen molar-refractivity contribution in [3.05, 3.63) is 48.5 Å². The zero-order valence-corrected chi connectivity index (χ0v) is 13.2. The molecule has 4 heteroatoms. The topological polar surface area (TPSA) is 24.3 Å². The van der Waals surface area contributed by atoms with Crippen LogP contribution in [0.3, 0.4) is 0 Å². The van der Waals surface area contributed by atoms with Gasteiger partial charge in [-0.25, -0.2) is 4.98 Å². The predicted molar refractivity (Wildman–Crippen MR) is 88.0 cm³/mol. The molecule has 116 valence electrons. The van der Waals surface area contributed by atoms with Crippen molar-refractivity contribution in [1.29, 1.82) is 0 Å². The number of likely N-dealkylation sites (N-methyl/N-ethyl adjacent to an activating group) is 1. The number of fused-ring (bicyclic) bond motifs is 2. The van der Waals surface area contributed by atoms with Gasteiger partial charge in [-0.05, 0) is 38.4 Å². The van der Waals surface area contributed by atoms with E-state index in [-0.39, 0.29) is 0 Å². The molecule has 22 heavy (non-hydrogen) atoms. The first kappa shape index (κ1) is 14.0. The monoisotopic (exact) mass is 296 g/mol. The number of imidazole rings is 1. The molecule has 2 fully saturated rings. The summed E-state index contributed by atoms with van der Waals surface area (Å²) in [6, 6.07) is 12.0. The number of para-hydroxylation sites is 1. The molecule has 1 aromatic carbocycles. The number of hydrogen-bond acceptors (Lipinski definition) is 3. The maximum atomic E-state index is 4.61. The van der Waals surface area contributed by atoms with E-state index in [1.807, 2.05) is 6.20 Å². The Labute approximate surface area is 132 Å². The van der Waals surface area contributed by atoms with Crippen molar-refractivity contribution in [2.75, 3.05) is 20.1 Å². The summed E-state index contributed by atoms with van der Waals surface area (Å²) in [7, 11) is 2.30. The lowest BCUT2D eigenvalue weighted by Gasteiger charge is -2.25. The molecule has 3 heterocycles. The molecule has 1 aromatic heterocycles. The summed E-state index contributed by atoms with van der Waals surface area (Å²) >= 11 is 0. The van der Waals surface area contributed by atoms with Crippen LogP contribution in [0.15, 0.2) is 42.7 Å².